The fourth-order valence-electron chi connectivity index (χ4n) is 4.06. The molecule has 1 aromatic heterocycles. The maximum absolute atomic E-state index is 13.1. The highest BCUT2D eigenvalue weighted by Gasteiger charge is 2.48. The number of benzene rings is 3. The third-order valence-corrected chi connectivity index (χ3v) is 5.58. The van der Waals surface area contributed by atoms with Crippen LogP contribution in [-0.2, 0) is 9.59 Å². The third kappa shape index (κ3) is 3.09. The minimum absolute atomic E-state index is 0.0766. The second-order valence-corrected chi connectivity index (χ2v) is 7.47. The Balaban J connectivity index is 1.74. The smallest absolute Gasteiger partial charge is 0.300 e. The molecule has 6 nitrogen and oxygen atoms in total. The van der Waals surface area contributed by atoms with Crippen LogP contribution in [0.1, 0.15) is 17.3 Å². The van der Waals surface area contributed by atoms with E-state index in [0.29, 0.717) is 11.3 Å². The Labute approximate surface area is 183 Å². The number of amides is 1. The SMILES string of the molecule is O=C1C(=O)N(c2ccccc2O)C(c2ccccn2)/C1=C(/O)c1ccc2ccccc2c1. The van der Waals surface area contributed by atoms with E-state index in [1.54, 1.807) is 54.7 Å². The molecule has 1 aliphatic heterocycles. The van der Waals surface area contributed by atoms with Crippen molar-refractivity contribution in [1.29, 1.82) is 0 Å². The van der Waals surface area contributed by atoms with Gasteiger partial charge in [-0.05, 0) is 41.1 Å². The van der Waals surface area contributed by atoms with E-state index in [-0.39, 0.29) is 22.8 Å². The highest BCUT2D eigenvalue weighted by molar-refractivity contribution is 6.51. The van der Waals surface area contributed by atoms with Gasteiger partial charge in [-0.15, -0.1) is 0 Å². The van der Waals surface area contributed by atoms with Crippen molar-refractivity contribution in [3.05, 3.63) is 108 Å². The van der Waals surface area contributed by atoms with Crippen molar-refractivity contribution in [1.82, 2.24) is 4.98 Å². The molecule has 0 spiro atoms. The molecule has 1 atom stereocenters. The van der Waals surface area contributed by atoms with Crippen LogP contribution in [0, 0.1) is 0 Å². The van der Waals surface area contributed by atoms with Crippen molar-refractivity contribution in [2.75, 3.05) is 4.90 Å². The molecule has 0 bridgehead atoms. The van der Waals surface area contributed by atoms with Crippen molar-refractivity contribution >= 4 is 33.9 Å². The van der Waals surface area contributed by atoms with Gasteiger partial charge in [0.1, 0.15) is 17.6 Å². The lowest BCUT2D eigenvalue weighted by molar-refractivity contribution is -0.132. The number of aliphatic hydroxyl groups is 1. The molecule has 2 heterocycles. The van der Waals surface area contributed by atoms with E-state index in [9.17, 15) is 19.8 Å². The minimum Gasteiger partial charge on any atom is -0.507 e. The summed E-state index contributed by atoms with van der Waals surface area (Å²) in [6, 6.07) is 23.4. The quantitative estimate of drug-likeness (QED) is 0.287. The summed E-state index contributed by atoms with van der Waals surface area (Å²) < 4.78 is 0. The largest absolute Gasteiger partial charge is 0.507 e. The minimum atomic E-state index is -0.990. The average Bonchev–Trinajstić information content (AvgIpc) is 3.09. The van der Waals surface area contributed by atoms with Crippen LogP contribution >= 0.6 is 0 Å². The number of para-hydroxylation sites is 2. The van der Waals surface area contributed by atoms with Crippen LogP contribution in [0.4, 0.5) is 5.69 Å². The lowest BCUT2D eigenvalue weighted by Crippen LogP contribution is -2.29. The average molecular weight is 422 g/mol. The number of anilines is 1. The molecule has 1 amide bonds. The Morgan fingerprint density at radius 2 is 1.56 bits per heavy atom. The molecule has 2 N–H and O–H groups in total. The first-order valence-corrected chi connectivity index (χ1v) is 10.1. The van der Waals surface area contributed by atoms with Gasteiger partial charge in [0, 0.05) is 11.8 Å². The molecule has 6 heteroatoms. The predicted octanol–water partition coefficient (Wildman–Crippen LogP) is 4.57. The van der Waals surface area contributed by atoms with Crippen LogP contribution < -0.4 is 4.90 Å². The number of aromatic nitrogens is 1. The van der Waals surface area contributed by atoms with Crippen LogP contribution in [0.25, 0.3) is 16.5 Å². The van der Waals surface area contributed by atoms with Crippen molar-refractivity contribution in [3.63, 3.8) is 0 Å². The number of carbonyl (C=O) groups is 2. The summed E-state index contributed by atoms with van der Waals surface area (Å²) in [5.41, 5.74) is 0.909. The fourth-order valence-corrected chi connectivity index (χ4v) is 4.06. The van der Waals surface area contributed by atoms with Crippen molar-refractivity contribution in [3.8, 4) is 5.75 Å². The van der Waals surface area contributed by atoms with Gasteiger partial charge in [-0.3, -0.25) is 19.5 Å². The Morgan fingerprint density at radius 3 is 2.31 bits per heavy atom. The molecule has 1 fully saturated rings. The van der Waals surface area contributed by atoms with Gasteiger partial charge in [-0.25, -0.2) is 0 Å². The normalized spacial score (nSPS) is 17.8. The van der Waals surface area contributed by atoms with Gasteiger partial charge in [0.25, 0.3) is 11.7 Å². The van der Waals surface area contributed by atoms with E-state index >= 15 is 0 Å². The Hall–Kier alpha value is -4.45. The number of phenolic OH excluding ortho intramolecular Hbond substituents is 1. The standard InChI is InChI=1S/C26H18N2O4/c29-21-11-4-3-10-20(21)28-23(19-9-5-6-14-27-19)22(25(31)26(28)32)24(30)18-13-12-16-7-1-2-8-17(16)15-18/h1-15,23,29-30H/b24-22-. The Morgan fingerprint density at radius 1 is 0.844 bits per heavy atom. The summed E-state index contributed by atoms with van der Waals surface area (Å²) in [6.45, 7) is 0. The van der Waals surface area contributed by atoms with Gasteiger partial charge >= 0.3 is 0 Å². The van der Waals surface area contributed by atoms with Gasteiger partial charge < -0.3 is 10.2 Å². The number of hydrogen-bond acceptors (Lipinski definition) is 5. The Bertz CT molecular complexity index is 1400. The number of pyridine rings is 1. The molecular weight excluding hydrogens is 404 g/mol. The van der Waals surface area contributed by atoms with Crippen LogP contribution in [-0.4, -0.2) is 26.9 Å². The second kappa shape index (κ2) is 7.67. The number of hydrogen-bond donors (Lipinski definition) is 2. The number of aliphatic hydroxyl groups excluding tert-OH is 1. The highest BCUT2D eigenvalue weighted by Crippen LogP contribution is 2.44. The zero-order valence-corrected chi connectivity index (χ0v) is 16.8. The monoisotopic (exact) mass is 422 g/mol. The number of fused-ring (bicyclic) bond motifs is 1. The number of rotatable bonds is 3. The first kappa shape index (κ1) is 19.5. The molecule has 1 unspecified atom stereocenters. The molecule has 5 rings (SSSR count). The zero-order chi connectivity index (χ0) is 22.2. The summed E-state index contributed by atoms with van der Waals surface area (Å²) in [4.78, 5) is 31.8. The van der Waals surface area contributed by atoms with E-state index in [2.05, 4.69) is 4.98 Å². The number of carbonyl (C=O) groups excluding carboxylic acids is 2. The molecule has 3 aromatic carbocycles. The van der Waals surface area contributed by atoms with E-state index in [1.165, 1.54) is 11.0 Å². The molecule has 1 aliphatic rings. The summed E-state index contributed by atoms with van der Waals surface area (Å²) >= 11 is 0. The molecule has 0 radical (unpaired) electrons. The van der Waals surface area contributed by atoms with Crippen LogP contribution in [0.5, 0.6) is 5.75 Å². The van der Waals surface area contributed by atoms with Gasteiger partial charge in [-0.1, -0.05) is 54.6 Å². The first-order chi connectivity index (χ1) is 15.6. The second-order valence-electron chi connectivity index (χ2n) is 7.47. The first-order valence-electron chi connectivity index (χ1n) is 10.1. The summed E-state index contributed by atoms with van der Waals surface area (Å²) in [6.07, 6.45) is 1.55. The molecule has 1 saturated heterocycles. The highest BCUT2D eigenvalue weighted by atomic mass is 16.3. The Kier molecular flexibility index (Phi) is 4.67. The van der Waals surface area contributed by atoms with Crippen LogP contribution in [0.2, 0.25) is 0 Å². The number of nitrogens with zero attached hydrogens (tertiary/aromatic N) is 2. The maximum atomic E-state index is 13.1. The van der Waals surface area contributed by atoms with E-state index < -0.39 is 17.7 Å². The fraction of sp³-hybridized carbons (Fsp3) is 0.0385. The van der Waals surface area contributed by atoms with Crippen molar-refractivity contribution in [2.24, 2.45) is 0 Å². The number of Topliss-reactive ketones (excluding diaryl/α,β-unsaturated/α-hetero) is 1. The van der Waals surface area contributed by atoms with E-state index in [1.807, 2.05) is 30.3 Å². The summed E-state index contributed by atoms with van der Waals surface area (Å²) in [7, 11) is 0. The molecular formula is C26H18N2O4. The molecule has 0 saturated carbocycles. The van der Waals surface area contributed by atoms with Crippen LogP contribution in [0.3, 0.4) is 0 Å². The maximum Gasteiger partial charge on any atom is 0.300 e. The van der Waals surface area contributed by atoms with Gasteiger partial charge in [0.2, 0.25) is 0 Å². The van der Waals surface area contributed by atoms with Crippen molar-refractivity contribution < 1.29 is 19.8 Å². The third-order valence-electron chi connectivity index (χ3n) is 5.58. The molecule has 32 heavy (non-hydrogen) atoms. The van der Waals surface area contributed by atoms with Crippen molar-refractivity contribution in [2.45, 2.75) is 6.04 Å². The molecule has 156 valence electrons. The molecule has 0 aliphatic carbocycles. The number of phenols is 1. The number of ketones is 1. The predicted molar refractivity (Wildman–Crippen MR) is 121 cm³/mol. The van der Waals surface area contributed by atoms with Gasteiger partial charge in [0.05, 0.1) is 17.0 Å². The van der Waals surface area contributed by atoms with Gasteiger partial charge in [-0.2, -0.15) is 0 Å². The lowest BCUT2D eigenvalue weighted by Gasteiger charge is -2.25. The number of aromatic hydroxyl groups is 1. The van der Waals surface area contributed by atoms with Crippen LogP contribution in [0.15, 0.2) is 96.7 Å². The summed E-state index contributed by atoms with van der Waals surface area (Å²) in [5.74, 6) is -2.12. The van der Waals surface area contributed by atoms with E-state index in [0.717, 1.165) is 10.8 Å². The van der Waals surface area contributed by atoms with Gasteiger partial charge in [0.15, 0.2) is 0 Å². The molecule has 4 aromatic rings. The summed E-state index contributed by atoms with van der Waals surface area (Å²) in [5, 5.41) is 23.5. The van der Waals surface area contributed by atoms with E-state index in [4.69, 9.17) is 0 Å². The zero-order valence-electron chi connectivity index (χ0n) is 16.8. The lowest BCUT2D eigenvalue weighted by atomic mass is 9.97. The topological polar surface area (TPSA) is 90.7 Å².